The molecule has 2 heterocycles. The van der Waals surface area contributed by atoms with Crippen molar-refractivity contribution in [3.8, 4) is 5.69 Å². The first-order chi connectivity index (χ1) is 11.8. The van der Waals surface area contributed by atoms with Gasteiger partial charge < -0.3 is 15.2 Å². The van der Waals surface area contributed by atoms with Gasteiger partial charge in [0.05, 0.1) is 18.6 Å². The molecule has 8 nitrogen and oxygen atoms in total. The van der Waals surface area contributed by atoms with Crippen molar-refractivity contribution >= 4 is 5.96 Å². The van der Waals surface area contributed by atoms with Crippen LogP contribution in [0.1, 0.15) is 11.4 Å². The molecule has 1 aromatic carbocycles. The van der Waals surface area contributed by atoms with E-state index < -0.39 is 0 Å². The van der Waals surface area contributed by atoms with E-state index in [4.69, 9.17) is 0 Å². The summed E-state index contributed by atoms with van der Waals surface area (Å²) in [4.78, 5) is 12.5. The van der Waals surface area contributed by atoms with E-state index in [1.165, 1.54) is 6.33 Å². The second-order valence-corrected chi connectivity index (χ2v) is 5.18. The second kappa shape index (κ2) is 7.40. The molecule has 8 heteroatoms. The molecule has 0 aliphatic heterocycles. The van der Waals surface area contributed by atoms with Gasteiger partial charge in [0.15, 0.2) is 5.96 Å². The van der Waals surface area contributed by atoms with Gasteiger partial charge in [-0.05, 0) is 11.6 Å². The van der Waals surface area contributed by atoms with Gasteiger partial charge in [0, 0.05) is 33.0 Å². The Morgan fingerprint density at radius 1 is 1.21 bits per heavy atom. The molecule has 0 unspecified atom stereocenters. The SMILES string of the molecule is CN=C(NCc1ccccc1-n1ccnc1)NCc1ncnn1C. The van der Waals surface area contributed by atoms with Gasteiger partial charge in [0.1, 0.15) is 12.2 Å². The highest BCUT2D eigenvalue weighted by atomic mass is 15.3. The number of nitrogens with one attached hydrogen (secondary N) is 2. The molecule has 0 aliphatic rings. The van der Waals surface area contributed by atoms with Crippen molar-refractivity contribution in [3.05, 3.63) is 60.7 Å². The Labute approximate surface area is 140 Å². The molecule has 2 aromatic heterocycles. The van der Waals surface area contributed by atoms with E-state index in [9.17, 15) is 0 Å². The summed E-state index contributed by atoms with van der Waals surface area (Å²) in [5.41, 5.74) is 2.24. The van der Waals surface area contributed by atoms with E-state index in [0.29, 0.717) is 19.0 Å². The van der Waals surface area contributed by atoms with Gasteiger partial charge in [-0.25, -0.2) is 9.97 Å². The van der Waals surface area contributed by atoms with Crippen LogP contribution in [0.4, 0.5) is 0 Å². The summed E-state index contributed by atoms with van der Waals surface area (Å²) < 4.78 is 3.72. The predicted octanol–water partition coefficient (Wildman–Crippen LogP) is 0.866. The summed E-state index contributed by atoms with van der Waals surface area (Å²) in [7, 11) is 3.61. The molecule has 0 bridgehead atoms. The number of aliphatic imine (C=N–C) groups is 1. The van der Waals surface area contributed by atoms with E-state index in [0.717, 1.165) is 17.1 Å². The van der Waals surface area contributed by atoms with Gasteiger partial charge in [-0.15, -0.1) is 0 Å². The highest BCUT2D eigenvalue weighted by Crippen LogP contribution is 2.13. The van der Waals surface area contributed by atoms with Crippen LogP contribution in [0.5, 0.6) is 0 Å². The number of nitrogens with zero attached hydrogens (tertiary/aromatic N) is 6. The topological polar surface area (TPSA) is 84.9 Å². The number of imidazole rings is 1. The van der Waals surface area contributed by atoms with Crippen LogP contribution in [0, 0.1) is 0 Å². The Hall–Kier alpha value is -3.16. The third-order valence-corrected chi connectivity index (χ3v) is 3.66. The number of aromatic nitrogens is 5. The maximum absolute atomic E-state index is 4.24. The summed E-state index contributed by atoms with van der Waals surface area (Å²) in [6.45, 7) is 1.20. The zero-order valence-electron chi connectivity index (χ0n) is 13.7. The molecule has 0 fully saturated rings. The first-order valence-corrected chi connectivity index (χ1v) is 7.61. The van der Waals surface area contributed by atoms with Crippen LogP contribution in [-0.2, 0) is 20.1 Å². The minimum absolute atomic E-state index is 0.555. The lowest BCUT2D eigenvalue weighted by atomic mass is 10.1. The maximum atomic E-state index is 4.24. The zero-order chi connectivity index (χ0) is 16.8. The molecule has 0 aliphatic carbocycles. The van der Waals surface area contributed by atoms with Crippen molar-refractivity contribution in [1.29, 1.82) is 0 Å². The van der Waals surface area contributed by atoms with E-state index in [-0.39, 0.29) is 0 Å². The molecule has 24 heavy (non-hydrogen) atoms. The van der Waals surface area contributed by atoms with Crippen LogP contribution >= 0.6 is 0 Å². The largest absolute Gasteiger partial charge is 0.352 e. The van der Waals surface area contributed by atoms with Crippen molar-refractivity contribution in [2.24, 2.45) is 12.0 Å². The number of benzene rings is 1. The first kappa shape index (κ1) is 15.7. The number of hydrogen-bond donors (Lipinski definition) is 2. The molecule has 0 saturated heterocycles. The molecule has 0 saturated carbocycles. The lowest BCUT2D eigenvalue weighted by Crippen LogP contribution is -2.37. The smallest absolute Gasteiger partial charge is 0.191 e. The molecule has 0 spiro atoms. The van der Waals surface area contributed by atoms with Crippen LogP contribution < -0.4 is 10.6 Å². The Morgan fingerprint density at radius 2 is 2.04 bits per heavy atom. The van der Waals surface area contributed by atoms with Crippen LogP contribution in [0.3, 0.4) is 0 Å². The fraction of sp³-hybridized carbons (Fsp3) is 0.250. The maximum Gasteiger partial charge on any atom is 0.191 e. The Bertz CT molecular complexity index is 803. The van der Waals surface area contributed by atoms with Crippen molar-refractivity contribution < 1.29 is 0 Å². The minimum atomic E-state index is 0.555. The standard InChI is InChI=1S/C16H20N8/c1-17-16(20-10-15-21-11-22-23(15)2)19-9-13-5-3-4-6-14(13)24-8-7-18-12-24/h3-8,11-12H,9-10H2,1-2H3,(H2,17,19,20). The van der Waals surface area contributed by atoms with E-state index >= 15 is 0 Å². The van der Waals surface area contributed by atoms with E-state index in [1.54, 1.807) is 24.3 Å². The Kier molecular flexibility index (Phi) is 4.85. The summed E-state index contributed by atoms with van der Waals surface area (Å²) in [6, 6.07) is 8.18. The molecule has 3 rings (SSSR count). The van der Waals surface area contributed by atoms with Crippen LogP contribution in [0.2, 0.25) is 0 Å². The van der Waals surface area contributed by atoms with Gasteiger partial charge in [0.25, 0.3) is 0 Å². The van der Waals surface area contributed by atoms with Crippen LogP contribution in [0.25, 0.3) is 5.69 Å². The van der Waals surface area contributed by atoms with Gasteiger partial charge >= 0.3 is 0 Å². The van der Waals surface area contributed by atoms with Gasteiger partial charge in [0.2, 0.25) is 0 Å². The van der Waals surface area contributed by atoms with Crippen molar-refractivity contribution in [1.82, 2.24) is 34.9 Å². The average molecular weight is 324 g/mol. The third kappa shape index (κ3) is 3.60. The molecule has 0 radical (unpaired) electrons. The fourth-order valence-electron chi connectivity index (χ4n) is 2.36. The average Bonchev–Trinajstić information content (AvgIpc) is 3.27. The monoisotopic (exact) mass is 324 g/mol. The molecular formula is C16H20N8. The third-order valence-electron chi connectivity index (χ3n) is 3.66. The lowest BCUT2D eigenvalue weighted by molar-refractivity contribution is 0.672. The highest BCUT2D eigenvalue weighted by Gasteiger charge is 2.06. The summed E-state index contributed by atoms with van der Waals surface area (Å²) in [6.07, 6.45) is 7.03. The minimum Gasteiger partial charge on any atom is -0.352 e. The zero-order valence-corrected chi connectivity index (χ0v) is 13.7. The number of aryl methyl sites for hydroxylation is 1. The fourth-order valence-corrected chi connectivity index (χ4v) is 2.36. The van der Waals surface area contributed by atoms with E-state index in [2.05, 4.69) is 42.8 Å². The Morgan fingerprint density at radius 3 is 2.75 bits per heavy atom. The number of hydrogen-bond acceptors (Lipinski definition) is 4. The molecule has 3 aromatic rings. The molecular weight excluding hydrogens is 304 g/mol. The lowest BCUT2D eigenvalue weighted by Gasteiger charge is -2.14. The van der Waals surface area contributed by atoms with E-state index in [1.807, 2.05) is 29.9 Å². The van der Waals surface area contributed by atoms with Gasteiger partial charge in [-0.3, -0.25) is 9.67 Å². The molecule has 0 atom stereocenters. The summed E-state index contributed by atoms with van der Waals surface area (Å²) in [5.74, 6) is 1.55. The number of guanidine groups is 1. The quantitative estimate of drug-likeness (QED) is 0.537. The van der Waals surface area contributed by atoms with Crippen LogP contribution in [-0.4, -0.2) is 37.3 Å². The van der Waals surface area contributed by atoms with Gasteiger partial charge in [-0.1, -0.05) is 18.2 Å². The normalized spacial score (nSPS) is 11.5. The number of rotatable bonds is 5. The van der Waals surface area contributed by atoms with Gasteiger partial charge in [-0.2, -0.15) is 5.10 Å². The first-order valence-electron chi connectivity index (χ1n) is 7.61. The summed E-state index contributed by atoms with van der Waals surface area (Å²) in [5, 5.41) is 10.6. The Balaban J connectivity index is 1.63. The van der Waals surface area contributed by atoms with Crippen molar-refractivity contribution in [2.45, 2.75) is 13.1 Å². The second-order valence-electron chi connectivity index (χ2n) is 5.18. The number of para-hydroxylation sites is 1. The molecule has 0 amide bonds. The summed E-state index contributed by atoms with van der Waals surface area (Å²) >= 11 is 0. The van der Waals surface area contributed by atoms with Crippen molar-refractivity contribution in [3.63, 3.8) is 0 Å². The van der Waals surface area contributed by atoms with Crippen LogP contribution in [0.15, 0.2) is 54.3 Å². The highest BCUT2D eigenvalue weighted by molar-refractivity contribution is 5.79. The molecule has 2 N–H and O–H groups in total. The predicted molar refractivity (Wildman–Crippen MR) is 91.6 cm³/mol. The van der Waals surface area contributed by atoms with Crippen molar-refractivity contribution in [2.75, 3.05) is 7.05 Å². The molecule has 124 valence electrons.